The first-order valence-corrected chi connectivity index (χ1v) is 12.1. The van der Waals surface area contributed by atoms with Crippen molar-refractivity contribution < 1.29 is 28.9 Å². The molecule has 10 nitrogen and oxygen atoms in total. The fourth-order valence-corrected chi connectivity index (χ4v) is 5.31. The Bertz CT molecular complexity index is 1370. The molecule has 2 aliphatic carbocycles. The first kappa shape index (κ1) is 23.9. The number of ketones is 2. The summed E-state index contributed by atoms with van der Waals surface area (Å²) in [5.74, 6) is 0.131. The number of rotatable bonds is 5. The Morgan fingerprint density at radius 1 is 0.833 bits per heavy atom. The standard InChI is InChI=1S/C25H19BrN2O8/c26-13-7-9-19(35-20-10-8-14(27(31)32)12-16(20)28(33)34)15(11-13)23-24-17(29)3-1-5-21(24)36-22-6-2-4-18(30)25(22)23/h7-12,23H,1-6H2. The predicted molar refractivity (Wildman–Crippen MR) is 130 cm³/mol. The van der Waals surface area contributed by atoms with Gasteiger partial charge in [0.15, 0.2) is 11.6 Å². The van der Waals surface area contributed by atoms with Crippen LogP contribution in [0.1, 0.15) is 50.0 Å². The van der Waals surface area contributed by atoms with Crippen LogP contribution in [0.5, 0.6) is 11.5 Å². The average Bonchev–Trinajstić information content (AvgIpc) is 2.84. The molecule has 0 saturated carbocycles. The van der Waals surface area contributed by atoms with Gasteiger partial charge < -0.3 is 9.47 Å². The van der Waals surface area contributed by atoms with Crippen molar-refractivity contribution in [3.05, 3.63) is 89.3 Å². The number of Topliss-reactive ketones (excluding diaryl/α,β-unsaturated/α-hetero) is 2. The number of nitro groups is 2. The van der Waals surface area contributed by atoms with Crippen molar-refractivity contribution in [2.45, 2.75) is 44.4 Å². The molecule has 184 valence electrons. The molecule has 36 heavy (non-hydrogen) atoms. The maximum Gasteiger partial charge on any atom is 0.318 e. The number of carbonyl (C=O) groups is 2. The van der Waals surface area contributed by atoms with Crippen LogP contribution in [0, 0.1) is 20.2 Å². The van der Waals surface area contributed by atoms with E-state index in [4.69, 9.17) is 9.47 Å². The summed E-state index contributed by atoms with van der Waals surface area (Å²) in [6.07, 6.45) is 3.09. The summed E-state index contributed by atoms with van der Waals surface area (Å²) in [5, 5.41) is 22.8. The predicted octanol–water partition coefficient (Wildman–Crippen LogP) is 6.19. The Labute approximate surface area is 213 Å². The zero-order valence-corrected chi connectivity index (χ0v) is 20.4. The Kier molecular flexibility index (Phi) is 6.17. The van der Waals surface area contributed by atoms with E-state index in [2.05, 4.69) is 15.9 Å². The minimum atomic E-state index is -0.758. The number of allylic oxidation sites excluding steroid dienone is 4. The lowest BCUT2D eigenvalue weighted by atomic mass is 9.73. The van der Waals surface area contributed by atoms with Crippen LogP contribution in [0.15, 0.2) is 63.5 Å². The minimum Gasteiger partial charge on any atom is -0.465 e. The van der Waals surface area contributed by atoms with Crippen LogP contribution in [0.3, 0.4) is 0 Å². The molecular formula is C25H19BrN2O8. The van der Waals surface area contributed by atoms with E-state index in [1.165, 1.54) is 6.07 Å². The third-order valence-corrected chi connectivity index (χ3v) is 6.99. The van der Waals surface area contributed by atoms with Gasteiger partial charge in [0.25, 0.3) is 5.69 Å². The smallest absolute Gasteiger partial charge is 0.318 e. The van der Waals surface area contributed by atoms with Gasteiger partial charge in [-0.3, -0.25) is 29.8 Å². The van der Waals surface area contributed by atoms with Crippen molar-refractivity contribution in [1.82, 2.24) is 0 Å². The number of non-ortho nitro benzene ring substituents is 1. The zero-order valence-electron chi connectivity index (χ0n) is 18.8. The largest absolute Gasteiger partial charge is 0.465 e. The number of nitrogens with zero attached hydrogens (tertiary/aromatic N) is 2. The lowest BCUT2D eigenvalue weighted by Gasteiger charge is -2.36. The number of hydrogen-bond acceptors (Lipinski definition) is 8. The zero-order chi connectivity index (χ0) is 25.6. The molecule has 0 unspecified atom stereocenters. The minimum absolute atomic E-state index is 0.113. The van der Waals surface area contributed by atoms with Crippen LogP contribution >= 0.6 is 15.9 Å². The molecule has 0 aromatic heterocycles. The van der Waals surface area contributed by atoms with Crippen molar-refractivity contribution in [2.24, 2.45) is 0 Å². The monoisotopic (exact) mass is 554 g/mol. The van der Waals surface area contributed by atoms with E-state index in [-0.39, 0.29) is 23.1 Å². The van der Waals surface area contributed by atoms with Gasteiger partial charge in [-0.15, -0.1) is 0 Å². The maximum atomic E-state index is 13.1. The van der Waals surface area contributed by atoms with Crippen LogP contribution in [0.2, 0.25) is 0 Å². The SMILES string of the molecule is O=C1CCCC2=C1C(c1cc(Br)ccc1Oc1ccc([N+](=O)[O-])cc1[N+](=O)[O-])C1=C(CCCC1=O)O2. The third kappa shape index (κ3) is 4.19. The van der Waals surface area contributed by atoms with Crippen LogP contribution < -0.4 is 4.74 Å². The number of benzene rings is 2. The summed E-state index contributed by atoms with van der Waals surface area (Å²) in [6.45, 7) is 0. The fourth-order valence-electron chi connectivity index (χ4n) is 4.93. The summed E-state index contributed by atoms with van der Waals surface area (Å²) in [4.78, 5) is 47.5. The van der Waals surface area contributed by atoms with Crippen LogP contribution in [0.25, 0.3) is 0 Å². The van der Waals surface area contributed by atoms with Gasteiger partial charge in [-0.1, -0.05) is 15.9 Å². The molecule has 11 heteroatoms. The second-order valence-corrected chi connectivity index (χ2v) is 9.63. The van der Waals surface area contributed by atoms with Crippen molar-refractivity contribution in [3.8, 4) is 11.5 Å². The number of carbonyl (C=O) groups excluding carboxylic acids is 2. The van der Waals surface area contributed by atoms with Crippen molar-refractivity contribution in [1.29, 1.82) is 0 Å². The Balaban J connectivity index is 1.68. The molecule has 1 aliphatic heterocycles. The highest BCUT2D eigenvalue weighted by molar-refractivity contribution is 9.10. The molecule has 0 radical (unpaired) electrons. The Hall–Kier alpha value is -3.86. The molecule has 0 N–H and O–H groups in total. The average molecular weight is 555 g/mol. The molecule has 0 atom stereocenters. The number of hydrogen-bond donors (Lipinski definition) is 0. The van der Waals surface area contributed by atoms with E-state index in [0.29, 0.717) is 71.2 Å². The lowest BCUT2D eigenvalue weighted by molar-refractivity contribution is -0.394. The van der Waals surface area contributed by atoms with Gasteiger partial charge in [-0.05, 0) is 37.1 Å². The molecule has 1 heterocycles. The van der Waals surface area contributed by atoms with E-state index >= 15 is 0 Å². The molecular weight excluding hydrogens is 536 g/mol. The molecule has 0 spiro atoms. The van der Waals surface area contributed by atoms with Gasteiger partial charge in [-0.25, -0.2) is 0 Å². The first-order valence-electron chi connectivity index (χ1n) is 11.3. The third-order valence-electron chi connectivity index (χ3n) is 6.49. The van der Waals surface area contributed by atoms with Crippen LogP contribution in [0.4, 0.5) is 11.4 Å². The van der Waals surface area contributed by atoms with Gasteiger partial charge in [0.2, 0.25) is 5.75 Å². The molecule has 0 saturated heterocycles. The van der Waals surface area contributed by atoms with Crippen LogP contribution in [-0.2, 0) is 14.3 Å². The van der Waals surface area contributed by atoms with Crippen LogP contribution in [-0.4, -0.2) is 21.4 Å². The van der Waals surface area contributed by atoms with Crippen molar-refractivity contribution in [3.63, 3.8) is 0 Å². The number of nitro benzene ring substituents is 2. The van der Waals surface area contributed by atoms with Gasteiger partial charge in [-0.2, -0.15) is 0 Å². The molecule has 0 fully saturated rings. The number of ether oxygens (including phenoxy) is 2. The first-order chi connectivity index (χ1) is 17.2. The highest BCUT2D eigenvalue weighted by atomic mass is 79.9. The van der Waals surface area contributed by atoms with Gasteiger partial charge in [0, 0.05) is 52.9 Å². The summed E-state index contributed by atoms with van der Waals surface area (Å²) in [6, 6.07) is 8.10. The summed E-state index contributed by atoms with van der Waals surface area (Å²) in [5.41, 5.74) is 0.283. The second-order valence-electron chi connectivity index (χ2n) is 8.71. The van der Waals surface area contributed by atoms with Gasteiger partial charge in [0.1, 0.15) is 17.3 Å². The second kappa shape index (κ2) is 9.30. The Morgan fingerprint density at radius 3 is 2.03 bits per heavy atom. The Morgan fingerprint density at radius 2 is 1.44 bits per heavy atom. The topological polar surface area (TPSA) is 139 Å². The molecule has 0 bridgehead atoms. The fraction of sp³-hybridized carbons (Fsp3) is 0.280. The maximum absolute atomic E-state index is 13.1. The summed E-state index contributed by atoms with van der Waals surface area (Å²) >= 11 is 3.45. The normalized spacial score (nSPS) is 17.9. The van der Waals surface area contributed by atoms with E-state index in [1.54, 1.807) is 18.2 Å². The van der Waals surface area contributed by atoms with E-state index < -0.39 is 27.1 Å². The molecule has 5 rings (SSSR count). The van der Waals surface area contributed by atoms with Crippen molar-refractivity contribution >= 4 is 38.9 Å². The lowest BCUT2D eigenvalue weighted by Crippen LogP contribution is -2.30. The summed E-state index contributed by atoms with van der Waals surface area (Å²) < 4.78 is 12.7. The molecule has 2 aromatic rings. The molecule has 0 amide bonds. The van der Waals surface area contributed by atoms with Gasteiger partial charge >= 0.3 is 5.69 Å². The molecule has 3 aliphatic rings. The van der Waals surface area contributed by atoms with E-state index in [9.17, 15) is 29.8 Å². The summed E-state index contributed by atoms with van der Waals surface area (Å²) in [7, 11) is 0. The van der Waals surface area contributed by atoms with Crippen molar-refractivity contribution in [2.75, 3.05) is 0 Å². The van der Waals surface area contributed by atoms with E-state index in [1.807, 2.05) is 0 Å². The van der Waals surface area contributed by atoms with E-state index in [0.717, 1.165) is 12.1 Å². The highest BCUT2D eigenvalue weighted by Crippen LogP contribution is 2.51. The highest BCUT2D eigenvalue weighted by Gasteiger charge is 2.43. The number of halogens is 1. The molecule has 2 aromatic carbocycles. The van der Waals surface area contributed by atoms with Gasteiger partial charge in [0.05, 0.1) is 21.8 Å². The quantitative estimate of drug-likeness (QED) is 0.315.